The lowest BCUT2D eigenvalue weighted by Crippen LogP contribution is -2.09. The molecule has 0 spiro atoms. The van der Waals surface area contributed by atoms with Crippen molar-refractivity contribution in [2.45, 2.75) is 20.8 Å². The highest BCUT2D eigenvalue weighted by molar-refractivity contribution is 6.30. The van der Waals surface area contributed by atoms with Crippen molar-refractivity contribution in [1.29, 1.82) is 0 Å². The Morgan fingerprint density at radius 2 is 2.24 bits per heavy atom. The second-order valence-electron chi connectivity index (χ2n) is 3.63. The van der Waals surface area contributed by atoms with Gasteiger partial charge in [0.15, 0.2) is 11.3 Å². The quantitative estimate of drug-likeness (QED) is 0.608. The molecule has 0 aliphatic rings. The Kier molecular flexibility index (Phi) is 3.02. The number of hydrogen-bond donors (Lipinski definition) is 0. The minimum absolute atomic E-state index is 0.201. The molecule has 0 fully saturated rings. The molecule has 6 heteroatoms. The predicted octanol–water partition coefficient (Wildman–Crippen LogP) is 2.18. The molecule has 0 unspecified atom stereocenters. The minimum atomic E-state index is -0.477. The Morgan fingerprint density at radius 3 is 2.88 bits per heavy atom. The number of fused-ring (bicyclic) bond motifs is 1. The summed E-state index contributed by atoms with van der Waals surface area (Å²) < 4.78 is 6.40. The lowest BCUT2D eigenvalue weighted by atomic mass is 10.3. The molecule has 0 aliphatic heterocycles. The van der Waals surface area contributed by atoms with Gasteiger partial charge in [-0.25, -0.2) is 14.3 Å². The fourth-order valence-corrected chi connectivity index (χ4v) is 1.72. The second kappa shape index (κ2) is 4.33. The monoisotopic (exact) mass is 253 g/mol. The first-order valence-electron chi connectivity index (χ1n) is 5.24. The molecule has 2 aromatic rings. The zero-order valence-corrected chi connectivity index (χ0v) is 10.6. The zero-order chi connectivity index (χ0) is 12.6. The number of rotatable bonds is 2. The van der Waals surface area contributed by atoms with Crippen molar-refractivity contribution in [3.63, 3.8) is 0 Å². The number of carbonyl (C=O) groups excluding carboxylic acids is 1. The van der Waals surface area contributed by atoms with Gasteiger partial charge in [-0.15, -0.1) is 0 Å². The summed E-state index contributed by atoms with van der Waals surface area (Å²) in [4.78, 5) is 15.8. The SMILES string of the molecule is CCOC(=O)c1cc(Cl)n2nc(C)c(C)c2n1. The summed E-state index contributed by atoms with van der Waals surface area (Å²) >= 11 is 6.04. The van der Waals surface area contributed by atoms with Crippen molar-refractivity contribution in [3.05, 3.63) is 28.2 Å². The van der Waals surface area contributed by atoms with Crippen LogP contribution in [0.25, 0.3) is 5.65 Å². The van der Waals surface area contributed by atoms with Gasteiger partial charge in [0.05, 0.1) is 12.3 Å². The molecule has 17 heavy (non-hydrogen) atoms. The number of halogens is 1. The molecule has 0 aliphatic carbocycles. The first-order chi connectivity index (χ1) is 8.04. The third kappa shape index (κ3) is 1.98. The molecule has 0 atom stereocenters. The van der Waals surface area contributed by atoms with E-state index in [1.54, 1.807) is 6.92 Å². The first kappa shape index (κ1) is 11.9. The Labute approximate surface area is 103 Å². The van der Waals surface area contributed by atoms with Gasteiger partial charge in [0.1, 0.15) is 5.15 Å². The van der Waals surface area contributed by atoms with E-state index in [0.717, 1.165) is 11.3 Å². The number of ether oxygens (including phenoxy) is 1. The van der Waals surface area contributed by atoms with Gasteiger partial charge < -0.3 is 4.74 Å². The molecule has 0 saturated heterocycles. The van der Waals surface area contributed by atoms with Crippen molar-refractivity contribution in [2.24, 2.45) is 0 Å². The van der Waals surface area contributed by atoms with Gasteiger partial charge in [-0.1, -0.05) is 11.6 Å². The summed E-state index contributed by atoms with van der Waals surface area (Å²) in [6.07, 6.45) is 0. The van der Waals surface area contributed by atoms with Crippen LogP contribution in [-0.2, 0) is 4.74 Å². The van der Waals surface area contributed by atoms with E-state index in [9.17, 15) is 4.79 Å². The maximum atomic E-state index is 11.6. The van der Waals surface area contributed by atoms with E-state index >= 15 is 0 Å². The van der Waals surface area contributed by atoms with Crippen LogP contribution in [0.5, 0.6) is 0 Å². The molecule has 2 heterocycles. The predicted molar refractivity (Wildman–Crippen MR) is 63.4 cm³/mol. The van der Waals surface area contributed by atoms with Gasteiger partial charge in [0.25, 0.3) is 0 Å². The Bertz CT molecular complexity index is 592. The van der Waals surface area contributed by atoms with E-state index in [1.165, 1.54) is 10.6 Å². The van der Waals surface area contributed by atoms with Crippen LogP contribution in [0, 0.1) is 13.8 Å². The van der Waals surface area contributed by atoms with Gasteiger partial charge >= 0.3 is 5.97 Å². The number of esters is 1. The molecule has 90 valence electrons. The summed E-state index contributed by atoms with van der Waals surface area (Å²) in [7, 11) is 0. The van der Waals surface area contributed by atoms with Crippen molar-refractivity contribution in [2.75, 3.05) is 6.61 Å². The van der Waals surface area contributed by atoms with Crippen LogP contribution >= 0.6 is 11.6 Å². The summed E-state index contributed by atoms with van der Waals surface area (Å²) in [6.45, 7) is 5.80. The summed E-state index contributed by atoms with van der Waals surface area (Å²) in [5.74, 6) is -0.477. The molecule has 0 amide bonds. The molecule has 2 aromatic heterocycles. The van der Waals surface area contributed by atoms with E-state index in [1.807, 2.05) is 13.8 Å². The molecule has 5 nitrogen and oxygen atoms in total. The standard InChI is InChI=1S/C11H12ClN3O2/c1-4-17-11(16)8-5-9(12)15-10(13-8)6(2)7(3)14-15/h5H,4H2,1-3H3. The molecule has 0 aromatic carbocycles. The summed E-state index contributed by atoms with van der Waals surface area (Å²) in [5.41, 5.74) is 2.52. The van der Waals surface area contributed by atoms with Crippen LogP contribution in [0.4, 0.5) is 0 Å². The van der Waals surface area contributed by atoms with Crippen molar-refractivity contribution in [1.82, 2.24) is 14.6 Å². The fraction of sp³-hybridized carbons (Fsp3) is 0.364. The van der Waals surface area contributed by atoms with Gasteiger partial charge in [-0.3, -0.25) is 0 Å². The Balaban J connectivity index is 2.61. The van der Waals surface area contributed by atoms with Gasteiger partial charge in [0, 0.05) is 11.6 Å². The lowest BCUT2D eigenvalue weighted by Gasteiger charge is -2.03. The molecule has 0 radical (unpaired) electrons. The maximum absolute atomic E-state index is 11.6. The molecular weight excluding hydrogens is 242 g/mol. The van der Waals surface area contributed by atoms with Crippen molar-refractivity contribution in [3.8, 4) is 0 Å². The average molecular weight is 254 g/mol. The van der Waals surface area contributed by atoms with Crippen LogP contribution in [0.3, 0.4) is 0 Å². The molecule has 0 bridgehead atoms. The van der Waals surface area contributed by atoms with Crippen LogP contribution in [-0.4, -0.2) is 27.2 Å². The number of aryl methyl sites for hydroxylation is 2. The molecular formula is C11H12ClN3O2. The third-order valence-electron chi connectivity index (χ3n) is 2.50. The maximum Gasteiger partial charge on any atom is 0.357 e. The number of hydrogen-bond acceptors (Lipinski definition) is 4. The number of nitrogens with zero attached hydrogens (tertiary/aromatic N) is 3. The smallest absolute Gasteiger partial charge is 0.357 e. The topological polar surface area (TPSA) is 56.5 Å². The summed E-state index contributed by atoms with van der Waals surface area (Å²) in [6, 6.07) is 1.46. The van der Waals surface area contributed by atoms with E-state index in [-0.39, 0.29) is 5.69 Å². The van der Waals surface area contributed by atoms with Gasteiger partial charge in [-0.05, 0) is 20.8 Å². The van der Waals surface area contributed by atoms with E-state index < -0.39 is 5.97 Å². The summed E-state index contributed by atoms with van der Waals surface area (Å²) in [5, 5.41) is 4.57. The Morgan fingerprint density at radius 1 is 1.53 bits per heavy atom. The number of carbonyl (C=O) groups is 1. The second-order valence-corrected chi connectivity index (χ2v) is 4.02. The lowest BCUT2D eigenvalue weighted by molar-refractivity contribution is 0.0519. The number of aromatic nitrogens is 3. The van der Waals surface area contributed by atoms with E-state index in [0.29, 0.717) is 17.4 Å². The van der Waals surface area contributed by atoms with Gasteiger partial charge in [-0.2, -0.15) is 5.10 Å². The first-order valence-corrected chi connectivity index (χ1v) is 5.62. The van der Waals surface area contributed by atoms with Gasteiger partial charge in [0.2, 0.25) is 0 Å². The highest BCUT2D eigenvalue weighted by atomic mass is 35.5. The molecule has 0 saturated carbocycles. The van der Waals surface area contributed by atoms with E-state index in [4.69, 9.17) is 16.3 Å². The highest BCUT2D eigenvalue weighted by Crippen LogP contribution is 2.18. The van der Waals surface area contributed by atoms with Crippen LogP contribution in [0.15, 0.2) is 6.07 Å². The Hall–Kier alpha value is -1.62. The highest BCUT2D eigenvalue weighted by Gasteiger charge is 2.15. The van der Waals surface area contributed by atoms with Crippen LogP contribution < -0.4 is 0 Å². The van der Waals surface area contributed by atoms with Crippen LogP contribution in [0.1, 0.15) is 28.7 Å². The van der Waals surface area contributed by atoms with Crippen LogP contribution in [0.2, 0.25) is 5.15 Å². The third-order valence-corrected chi connectivity index (χ3v) is 2.77. The largest absolute Gasteiger partial charge is 0.461 e. The fourth-order valence-electron chi connectivity index (χ4n) is 1.50. The minimum Gasteiger partial charge on any atom is -0.461 e. The zero-order valence-electron chi connectivity index (χ0n) is 9.82. The normalized spacial score (nSPS) is 10.8. The molecule has 2 rings (SSSR count). The van der Waals surface area contributed by atoms with Crippen molar-refractivity contribution >= 4 is 23.2 Å². The van der Waals surface area contributed by atoms with Crippen molar-refractivity contribution < 1.29 is 9.53 Å². The molecule has 0 N–H and O–H groups in total. The average Bonchev–Trinajstić information content (AvgIpc) is 2.57. The van der Waals surface area contributed by atoms with E-state index in [2.05, 4.69) is 10.1 Å².